The van der Waals surface area contributed by atoms with Crippen LogP contribution in [0.25, 0.3) is 0 Å². The van der Waals surface area contributed by atoms with E-state index in [1.165, 1.54) is 0 Å². The summed E-state index contributed by atoms with van der Waals surface area (Å²) in [4.78, 5) is 23.1. The van der Waals surface area contributed by atoms with E-state index >= 15 is 0 Å². The van der Waals surface area contributed by atoms with E-state index in [4.69, 9.17) is 4.42 Å². The van der Waals surface area contributed by atoms with Crippen molar-refractivity contribution in [2.75, 3.05) is 5.32 Å². The molecule has 1 aromatic carbocycles. The summed E-state index contributed by atoms with van der Waals surface area (Å²) >= 11 is 0. The largest absolute Gasteiger partial charge is 0.481 e. The van der Waals surface area contributed by atoms with Gasteiger partial charge >= 0.3 is 5.97 Å². The van der Waals surface area contributed by atoms with Gasteiger partial charge < -0.3 is 14.8 Å². The summed E-state index contributed by atoms with van der Waals surface area (Å²) in [7, 11) is 0. The normalized spacial score (nSPS) is 11.2. The van der Waals surface area contributed by atoms with E-state index in [-0.39, 0.29) is 5.91 Å². The van der Waals surface area contributed by atoms with Gasteiger partial charge in [-0.15, -0.1) is 0 Å². The van der Waals surface area contributed by atoms with Crippen LogP contribution in [0.1, 0.15) is 31.4 Å². The van der Waals surface area contributed by atoms with Crippen molar-refractivity contribution in [2.24, 2.45) is 0 Å². The highest BCUT2D eigenvalue weighted by atomic mass is 16.4. The molecule has 0 aliphatic heterocycles. The standard InChI is InChI=1S/C17H19NO4/c1-17(2,16(20)21)13-4-6-14(7-5-13)18-15(19)8-3-12-9-10-22-11-12/h4-7,9-11H,3,8H2,1-2H3,(H,18,19)(H,20,21). The lowest BCUT2D eigenvalue weighted by atomic mass is 9.85. The van der Waals surface area contributed by atoms with Gasteiger partial charge in [-0.2, -0.15) is 0 Å². The van der Waals surface area contributed by atoms with Crippen LogP contribution in [0, 0.1) is 0 Å². The molecule has 0 aliphatic rings. The number of rotatable bonds is 6. The number of amides is 1. The molecule has 2 rings (SSSR count). The molecule has 0 atom stereocenters. The predicted octanol–water partition coefficient (Wildman–Crippen LogP) is 3.21. The molecule has 5 heteroatoms. The number of carbonyl (C=O) groups excluding carboxylic acids is 1. The zero-order valence-electron chi connectivity index (χ0n) is 12.6. The van der Waals surface area contributed by atoms with E-state index in [1.54, 1.807) is 50.6 Å². The monoisotopic (exact) mass is 301 g/mol. The summed E-state index contributed by atoms with van der Waals surface area (Å²) in [6.07, 6.45) is 4.18. The first-order valence-electron chi connectivity index (χ1n) is 7.04. The summed E-state index contributed by atoms with van der Waals surface area (Å²) < 4.78 is 4.95. The number of carboxylic acid groups (broad SMARTS) is 1. The van der Waals surface area contributed by atoms with Gasteiger partial charge in [-0.25, -0.2) is 0 Å². The van der Waals surface area contributed by atoms with Gasteiger partial charge in [-0.05, 0) is 49.6 Å². The molecule has 0 unspecified atom stereocenters. The summed E-state index contributed by atoms with van der Waals surface area (Å²) in [5.74, 6) is -0.976. The summed E-state index contributed by atoms with van der Waals surface area (Å²) in [5, 5.41) is 12.0. The van der Waals surface area contributed by atoms with Crippen molar-refractivity contribution in [3.8, 4) is 0 Å². The van der Waals surface area contributed by atoms with Crippen molar-refractivity contribution in [2.45, 2.75) is 32.1 Å². The Balaban J connectivity index is 1.93. The van der Waals surface area contributed by atoms with Gasteiger partial charge in [-0.1, -0.05) is 12.1 Å². The number of benzene rings is 1. The Hall–Kier alpha value is -2.56. The number of hydrogen-bond acceptors (Lipinski definition) is 3. The molecule has 0 spiro atoms. The van der Waals surface area contributed by atoms with Crippen LogP contribution in [0.3, 0.4) is 0 Å². The molecule has 1 amide bonds. The number of hydrogen-bond donors (Lipinski definition) is 2. The summed E-state index contributed by atoms with van der Waals surface area (Å²) in [6, 6.07) is 8.71. The van der Waals surface area contributed by atoms with Crippen LogP contribution in [0.5, 0.6) is 0 Å². The highest BCUT2D eigenvalue weighted by molar-refractivity contribution is 5.91. The van der Waals surface area contributed by atoms with Gasteiger partial charge in [0.15, 0.2) is 0 Å². The van der Waals surface area contributed by atoms with Crippen LogP contribution in [0.2, 0.25) is 0 Å². The SMILES string of the molecule is CC(C)(C(=O)O)c1ccc(NC(=O)CCc2ccoc2)cc1. The third kappa shape index (κ3) is 3.75. The molecule has 1 heterocycles. The lowest BCUT2D eigenvalue weighted by Crippen LogP contribution is -2.28. The fourth-order valence-corrected chi connectivity index (χ4v) is 2.01. The number of aryl methyl sites for hydroxylation is 1. The fourth-order valence-electron chi connectivity index (χ4n) is 2.01. The Kier molecular flexibility index (Phi) is 4.65. The smallest absolute Gasteiger partial charge is 0.313 e. The molecule has 0 radical (unpaired) electrons. The Morgan fingerprint density at radius 3 is 2.41 bits per heavy atom. The van der Waals surface area contributed by atoms with Crippen LogP contribution in [-0.4, -0.2) is 17.0 Å². The average Bonchev–Trinajstić information content (AvgIpc) is 2.99. The van der Waals surface area contributed by atoms with Gasteiger partial charge in [-0.3, -0.25) is 9.59 Å². The second-order valence-corrected chi connectivity index (χ2v) is 5.69. The molecule has 0 saturated carbocycles. The second-order valence-electron chi connectivity index (χ2n) is 5.69. The number of carboxylic acids is 1. The number of carbonyl (C=O) groups is 2. The molecule has 0 fully saturated rings. The van der Waals surface area contributed by atoms with Crippen LogP contribution in [-0.2, 0) is 21.4 Å². The van der Waals surface area contributed by atoms with Crippen molar-refractivity contribution in [1.29, 1.82) is 0 Å². The third-order valence-corrected chi connectivity index (χ3v) is 3.65. The minimum absolute atomic E-state index is 0.0913. The summed E-state index contributed by atoms with van der Waals surface area (Å²) in [5.41, 5.74) is 1.37. The van der Waals surface area contributed by atoms with Crippen molar-refractivity contribution in [3.63, 3.8) is 0 Å². The summed E-state index contributed by atoms with van der Waals surface area (Å²) in [6.45, 7) is 3.29. The maximum Gasteiger partial charge on any atom is 0.313 e. The number of anilines is 1. The van der Waals surface area contributed by atoms with Gasteiger partial charge in [0.05, 0.1) is 17.9 Å². The number of furan rings is 1. The van der Waals surface area contributed by atoms with Crippen LogP contribution in [0.15, 0.2) is 47.3 Å². The molecule has 2 aromatic rings. The molecule has 2 N–H and O–H groups in total. The molecule has 116 valence electrons. The maximum absolute atomic E-state index is 11.9. The Morgan fingerprint density at radius 1 is 1.18 bits per heavy atom. The Bertz CT molecular complexity index is 642. The highest BCUT2D eigenvalue weighted by Crippen LogP contribution is 2.24. The van der Waals surface area contributed by atoms with E-state index in [2.05, 4.69) is 5.32 Å². The molecule has 22 heavy (non-hydrogen) atoms. The quantitative estimate of drug-likeness (QED) is 0.858. The molecule has 5 nitrogen and oxygen atoms in total. The minimum atomic E-state index is -0.955. The van der Waals surface area contributed by atoms with Crippen LogP contribution >= 0.6 is 0 Å². The van der Waals surface area contributed by atoms with Gasteiger partial charge in [0.1, 0.15) is 0 Å². The molecular weight excluding hydrogens is 282 g/mol. The van der Waals surface area contributed by atoms with Gasteiger partial charge in [0, 0.05) is 12.1 Å². The van der Waals surface area contributed by atoms with Crippen molar-refractivity contribution < 1.29 is 19.1 Å². The number of nitrogens with one attached hydrogen (secondary N) is 1. The molecular formula is C17H19NO4. The van der Waals surface area contributed by atoms with E-state index < -0.39 is 11.4 Å². The van der Waals surface area contributed by atoms with Crippen molar-refractivity contribution >= 4 is 17.6 Å². The lowest BCUT2D eigenvalue weighted by Gasteiger charge is -2.19. The van der Waals surface area contributed by atoms with Gasteiger partial charge in [0.25, 0.3) is 0 Å². The molecule has 0 bridgehead atoms. The van der Waals surface area contributed by atoms with Crippen LogP contribution in [0.4, 0.5) is 5.69 Å². The lowest BCUT2D eigenvalue weighted by molar-refractivity contribution is -0.142. The highest BCUT2D eigenvalue weighted by Gasteiger charge is 2.29. The predicted molar refractivity (Wildman–Crippen MR) is 82.8 cm³/mol. The topological polar surface area (TPSA) is 79.5 Å². The first kappa shape index (κ1) is 15.8. The van der Waals surface area contributed by atoms with E-state index in [0.717, 1.165) is 5.56 Å². The molecule has 0 saturated heterocycles. The third-order valence-electron chi connectivity index (χ3n) is 3.65. The van der Waals surface area contributed by atoms with Crippen molar-refractivity contribution in [1.82, 2.24) is 0 Å². The maximum atomic E-state index is 11.9. The molecule has 1 aromatic heterocycles. The molecule has 0 aliphatic carbocycles. The van der Waals surface area contributed by atoms with Gasteiger partial charge in [0.2, 0.25) is 5.91 Å². The average molecular weight is 301 g/mol. The van der Waals surface area contributed by atoms with Crippen molar-refractivity contribution in [3.05, 3.63) is 54.0 Å². The zero-order valence-corrected chi connectivity index (χ0v) is 12.6. The number of aliphatic carboxylic acids is 1. The van der Waals surface area contributed by atoms with E-state index in [9.17, 15) is 14.7 Å². The Morgan fingerprint density at radius 2 is 1.86 bits per heavy atom. The Labute approximate surface area is 129 Å². The first-order chi connectivity index (χ1) is 10.4. The van der Waals surface area contributed by atoms with Crippen LogP contribution < -0.4 is 5.32 Å². The van der Waals surface area contributed by atoms with E-state index in [1.807, 2.05) is 6.07 Å². The van der Waals surface area contributed by atoms with E-state index in [0.29, 0.717) is 24.1 Å². The zero-order chi connectivity index (χ0) is 16.2. The second kappa shape index (κ2) is 6.47. The first-order valence-corrected chi connectivity index (χ1v) is 7.04. The fraction of sp³-hybridized carbons (Fsp3) is 0.294. The minimum Gasteiger partial charge on any atom is -0.481 e.